The molecule has 0 aliphatic heterocycles. The van der Waals surface area contributed by atoms with Gasteiger partial charge < -0.3 is 5.73 Å². The number of pyridine rings is 1. The SMILES string of the molecule is Cc1cc(CN)c(F)nc1C(F)F. The van der Waals surface area contributed by atoms with E-state index >= 15 is 0 Å². The number of rotatable bonds is 2. The fraction of sp³-hybridized carbons (Fsp3) is 0.375. The van der Waals surface area contributed by atoms with Crippen LogP contribution >= 0.6 is 0 Å². The van der Waals surface area contributed by atoms with Crippen LogP contribution in [-0.2, 0) is 6.54 Å². The average molecular weight is 190 g/mol. The summed E-state index contributed by atoms with van der Waals surface area (Å²) in [7, 11) is 0. The van der Waals surface area contributed by atoms with Crippen molar-refractivity contribution in [2.75, 3.05) is 0 Å². The van der Waals surface area contributed by atoms with Crippen molar-refractivity contribution in [2.45, 2.75) is 19.9 Å². The summed E-state index contributed by atoms with van der Waals surface area (Å²) in [6.45, 7) is 1.41. The van der Waals surface area contributed by atoms with Gasteiger partial charge in [0.05, 0.1) is 0 Å². The van der Waals surface area contributed by atoms with Crippen LogP contribution in [0.15, 0.2) is 6.07 Å². The fourth-order valence-electron chi connectivity index (χ4n) is 1.02. The first kappa shape index (κ1) is 9.98. The van der Waals surface area contributed by atoms with E-state index < -0.39 is 18.1 Å². The van der Waals surface area contributed by atoms with Crippen LogP contribution in [0.25, 0.3) is 0 Å². The lowest BCUT2D eigenvalue weighted by Gasteiger charge is -2.06. The number of hydrogen-bond acceptors (Lipinski definition) is 2. The largest absolute Gasteiger partial charge is 0.326 e. The third-order valence-corrected chi connectivity index (χ3v) is 1.70. The van der Waals surface area contributed by atoms with Gasteiger partial charge in [-0.2, -0.15) is 4.39 Å². The van der Waals surface area contributed by atoms with Crippen LogP contribution in [0.4, 0.5) is 13.2 Å². The van der Waals surface area contributed by atoms with Crippen LogP contribution in [-0.4, -0.2) is 4.98 Å². The number of halogens is 3. The van der Waals surface area contributed by atoms with E-state index in [-0.39, 0.29) is 17.7 Å². The Labute approximate surface area is 73.6 Å². The molecule has 0 fully saturated rings. The molecule has 0 amide bonds. The van der Waals surface area contributed by atoms with Crippen molar-refractivity contribution in [3.8, 4) is 0 Å². The minimum atomic E-state index is -2.75. The molecule has 0 radical (unpaired) electrons. The van der Waals surface area contributed by atoms with Crippen LogP contribution in [0.5, 0.6) is 0 Å². The number of nitrogens with two attached hydrogens (primary N) is 1. The maximum absolute atomic E-state index is 12.9. The van der Waals surface area contributed by atoms with Crippen molar-refractivity contribution < 1.29 is 13.2 Å². The van der Waals surface area contributed by atoms with Gasteiger partial charge in [0.15, 0.2) is 0 Å². The Kier molecular flexibility index (Phi) is 2.87. The van der Waals surface area contributed by atoms with Gasteiger partial charge in [-0.25, -0.2) is 13.8 Å². The minimum Gasteiger partial charge on any atom is -0.326 e. The first-order chi connectivity index (χ1) is 6.06. The van der Waals surface area contributed by atoms with E-state index in [1.807, 2.05) is 0 Å². The van der Waals surface area contributed by atoms with Gasteiger partial charge in [0.25, 0.3) is 6.43 Å². The van der Waals surface area contributed by atoms with Gasteiger partial charge in [-0.3, -0.25) is 0 Å². The van der Waals surface area contributed by atoms with Crippen LogP contribution in [0.3, 0.4) is 0 Å². The van der Waals surface area contributed by atoms with E-state index in [0.29, 0.717) is 0 Å². The van der Waals surface area contributed by atoms with Crippen molar-refractivity contribution >= 4 is 0 Å². The molecular formula is C8H9F3N2. The van der Waals surface area contributed by atoms with Gasteiger partial charge in [-0.05, 0) is 18.6 Å². The van der Waals surface area contributed by atoms with Gasteiger partial charge >= 0.3 is 0 Å². The first-order valence-corrected chi connectivity index (χ1v) is 3.70. The summed E-state index contributed by atoms with van der Waals surface area (Å²) in [5, 5.41) is 0. The fourth-order valence-corrected chi connectivity index (χ4v) is 1.02. The molecule has 72 valence electrons. The molecule has 1 aromatic rings. The lowest BCUT2D eigenvalue weighted by atomic mass is 10.1. The number of aryl methyl sites for hydroxylation is 1. The van der Waals surface area contributed by atoms with Gasteiger partial charge in [-0.15, -0.1) is 0 Å². The molecule has 0 unspecified atom stereocenters. The molecule has 5 heteroatoms. The zero-order valence-electron chi connectivity index (χ0n) is 7.02. The third kappa shape index (κ3) is 1.98. The van der Waals surface area contributed by atoms with Crippen molar-refractivity contribution in [1.82, 2.24) is 4.98 Å². The van der Waals surface area contributed by atoms with Gasteiger partial charge in [-0.1, -0.05) is 0 Å². The molecule has 0 spiro atoms. The molecule has 0 aliphatic rings. The highest BCUT2D eigenvalue weighted by Gasteiger charge is 2.15. The molecule has 1 rings (SSSR count). The van der Waals surface area contributed by atoms with Gasteiger partial charge in [0.1, 0.15) is 5.69 Å². The van der Waals surface area contributed by atoms with E-state index in [4.69, 9.17) is 5.73 Å². The normalized spacial score (nSPS) is 10.9. The van der Waals surface area contributed by atoms with Crippen molar-refractivity contribution in [2.24, 2.45) is 5.73 Å². The van der Waals surface area contributed by atoms with Crippen LogP contribution < -0.4 is 5.73 Å². The van der Waals surface area contributed by atoms with Crippen LogP contribution in [0.2, 0.25) is 0 Å². The highest BCUT2D eigenvalue weighted by Crippen LogP contribution is 2.21. The molecule has 0 aromatic carbocycles. The molecule has 1 aromatic heterocycles. The molecule has 0 saturated heterocycles. The Bertz CT molecular complexity index is 313. The zero-order chi connectivity index (χ0) is 10.0. The first-order valence-electron chi connectivity index (χ1n) is 3.70. The van der Waals surface area contributed by atoms with Crippen molar-refractivity contribution in [1.29, 1.82) is 0 Å². The summed E-state index contributed by atoms with van der Waals surface area (Å²) in [4.78, 5) is 3.15. The Morgan fingerprint density at radius 1 is 1.54 bits per heavy atom. The van der Waals surface area contributed by atoms with Crippen LogP contribution in [0, 0.1) is 12.9 Å². The zero-order valence-corrected chi connectivity index (χ0v) is 7.02. The predicted octanol–water partition coefficient (Wildman–Crippen LogP) is 1.93. The molecule has 0 aliphatic carbocycles. The van der Waals surface area contributed by atoms with Crippen molar-refractivity contribution in [3.05, 3.63) is 28.8 Å². The second-order valence-corrected chi connectivity index (χ2v) is 2.65. The topological polar surface area (TPSA) is 38.9 Å². The van der Waals surface area contributed by atoms with Crippen LogP contribution in [0.1, 0.15) is 23.2 Å². The monoisotopic (exact) mass is 190 g/mol. The molecule has 1 heterocycles. The lowest BCUT2D eigenvalue weighted by molar-refractivity contribution is 0.144. The molecule has 0 atom stereocenters. The summed E-state index contributed by atoms with van der Waals surface area (Å²) in [5.41, 5.74) is 5.07. The van der Waals surface area contributed by atoms with Crippen molar-refractivity contribution in [3.63, 3.8) is 0 Å². The van der Waals surface area contributed by atoms with E-state index in [9.17, 15) is 13.2 Å². The van der Waals surface area contributed by atoms with E-state index in [1.54, 1.807) is 0 Å². The summed E-state index contributed by atoms with van der Waals surface area (Å²) >= 11 is 0. The molecule has 2 nitrogen and oxygen atoms in total. The second kappa shape index (κ2) is 3.74. The van der Waals surface area contributed by atoms with E-state index in [0.717, 1.165) is 0 Å². The average Bonchev–Trinajstić information content (AvgIpc) is 2.07. The third-order valence-electron chi connectivity index (χ3n) is 1.70. The van der Waals surface area contributed by atoms with E-state index in [2.05, 4.69) is 4.98 Å². The number of aromatic nitrogens is 1. The van der Waals surface area contributed by atoms with Gasteiger partial charge in [0, 0.05) is 12.1 Å². The molecule has 13 heavy (non-hydrogen) atoms. The lowest BCUT2D eigenvalue weighted by Crippen LogP contribution is -2.06. The summed E-state index contributed by atoms with van der Waals surface area (Å²) in [6, 6.07) is 1.30. The standard InChI is InChI=1S/C8H9F3N2/c1-4-2-5(3-12)8(11)13-6(4)7(9)10/h2,7H,3,12H2,1H3. The number of nitrogens with zero attached hydrogens (tertiary/aromatic N) is 1. The maximum atomic E-state index is 12.9. The Morgan fingerprint density at radius 2 is 2.15 bits per heavy atom. The highest BCUT2D eigenvalue weighted by atomic mass is 19.3. The quantitative estimate of drug-likeness (QED) is 0.723. The molecular weight excluding hydrogens is 181 g/mol. The Balaban J connectivity index is 3.20. The smallest absolute Gasteiger partial charge is 0.280 e. The molecule has 0 bridgehead atoms. The minimum absolute atomic E-state index is 0.0385. The second-order valence-electron chi connectivity index (χ2n) is 2.65. The molecule has 2 N–H and O–H groups in total. The Morgan fingerprint density at radius 3 is 2.62 bits per heavy atom. The highest BCUT2D eigenvalue weighted by molar-refractivity contribution is 5.25. The Hall–Kier alpha value is -1.10. The predicted molar refractivity (Wildman–Crippen MR) is 41.8 cm³/mol. The summed E-state index contributed by atoms with van der Waals surface area (Å²) in [6.07, 6.45) is -2.75. The molecule has 0 saturated carbocycles. The summed E-state index contributed by atoms with van der Waals surface area (Å²) in [5.74, 6) is -0.914. The van der Waals surface area contributed by atoms with E-state index in [1.165, 1.54) is 13.0 Å². The number of hydrogen-bond donors (Lipinski definition) is 1. The maximum Gasteiger partial charge on any atom is 0.280 e. The number of alkyl halides is 2. The summed E-state index contributed by atoms with van der Waals surface area (Å²) < 4.78 is 37.2. The van der Waals surface area contributed by atoms with Gasteiger partial charge in [0.2, 0.25) is 5.95 Å².